The van der Waals surface area contributed by atoms with E-state index in [1.807, 2.05) is 6.92 Å². The van der Waals surface area contributed by atoms with Gasteiger partial charge in [-0.2, -0.15) is 0 Å². The van der Waals surface area contributed by atoms with Crippen molar-refractivity contribution in [3.8, 4) is 0 Å². The first-order valence-electron chi connectivity index (χ1n) is 6.90. The van der Waals surface area contributed by atoms with Crippen LogP contribution in [0.3, 0.4) is 0 Å². The van der Waals surface area contributed by atoms with Crippen LogP contribution in [0.15, 0.2) is 22.7 Å². The second kappa shape index (κ2) is 6.13. The Morgan fingerprint density at radius 1 is 1.43 bits per heavy atom. The summed E-state index contributed by atoms with van der Waals surface area (Å²) in [5.74, 6) is -0.553. The van der Waals surface area contributed by atoms with E-state index in [2.05, 4.69) is 21.2 Å². The maximum Gasteiger partial charge on any atom is 0.248 e. The average molecular weight is 357 g/mol. The smallest absolute Gasteiger partial charge is 0.248 e. The monoisotopic (exact) mass is 356 g/mol. The molecule has 0 radical (unpaired) electrons. The topological polar surface area (TPSA) is 49.4 Å². The Morgan fingerprint density at radius 2 is 2.14 bits per heavy atom. The van der Waals surface area contributed by atoms with Crippen molar-refractivity contribution in [2.75, 3.05) is 6.54 Å². The van der Waals surface area contributed by atoms with Gasteiger partial charge in [0.1, 0.15) is 11.4 Å². The molecule has 21 heavy (non-hydrogen) atoms. The number of hydrogen-bond acceptors (Lipinski definition) is 2. The van der Waals surface area contributed by atoms with Crippen LogP contribution in [0.5, 0.6) is 0 Å². The Morgan fingerprint density at radius 3 is 2.76 bits per heavy atom. The number of carbonyl (C=O) groups is 2. The molecule has 1 saturated heterocycles. The molecule has 1 aliphatic heterocycles. The second-order valence-corrected chi connectivity index (χ2v) is 6.31. The molecule has 1 aliphatic rings. The summed E-state index contributed by atoms with van der Waals surface area (Å²) in [5.41, 5.74) is -0.0466. The van der Waals surface area contributed by atoms with Gasteiger partial charge in [-0.25, -0.2) is 4.39 Å². The third-order valence-corrected chi connectivity index (χ3v) is 4.46. The first-order valence-corrected chi connectivity index (χ1v) is 7.69. The summed E-state index contributed by atoms with van der Waals surface area (Å²) in [6, 6.07) is 4.67. The molecule has 0 aromatic heterocycles. The van der Waals surface area contributed by atoms with Crippen LogP contribution in [0.1, 0.15) is 32.3 Å². The lowest BCUT2D eigenvalue weighted by atomic mass is 9.97. The molecule has 114 valence electrons. The van der Waals surface area contributed by atoms with Gasteiger partial charge in [0, 0.05) is 19.5 Å². The molecule has 1 unspecified atom stereocenters. The molecule has 0 aliphatic carbocycles. The van der Waals surface area contributed by atoms with Crippen LogP contribution in [-0.4, -0.2) is 28.8 Å². The van der Waals surface area contributed by atoms with E-state index in [0.29, 0.717) is 24.0 Å². The highest BCUT2D eigenvalue weighted by Gasteiger charge is 2.38. The fourth-order valence-electron chi connectivity index (χ4n) is 2.36. The Kier molecular flexibility index (Phi) is 4.66. The molecule has 6 heteroatoms. The van der Waals surface area contributed by atoms with E-state index in [1.165, 1.54) is 6.07 Å². The van der Waals surface area contributed by atoms with E-state index < -0.39 is 5.54 Å². The van der Waals surface area contributed by atoms with Crippen molar-refractivity contribution in [1.82, 2.24) is 10.2 Å². The minimum Gasteiger partial charge on any atom is -0.342 e. The normalized spacial score (nSPS) is 23.0. The predicted octanol–water partition coefficient (Wildman–Crippen LogP) is 2.61. The van der Waals surface area contributed by atoms with E-state index >= 15 is 0 Å². The first-order chi connectivity index (χ1) is 9.85. The lowest BCUT2D eigenvalue weighted by Crippen LogP contribution is -2.54. The third kappa shape index (κ3) is 3.43. The second-order valence-electron chi connectivity index (χ2n) is 5.46. The molecule has 2 rings (SSSR count). The summed E-state index contributed by atoms with van der Waals surface area (Å²) in [4.78, 5) is 26.0. The number of rotatable bonds is 3. The van der Waals surface area contributed by atoms with Gasteiger partial charge in [-0.3, -0.25) is 9.59 Å². The molecule has 0 saturated carbocycles. The Hall–Kier alpha value is -1.43. The largest absolute Gasteiger partial charge is 0.342 e. The highest BCUT2D eigenvalue weighted by atomic mass is 79.9. The number of amides is 2. The van der Waals surface area contributed by atoms with Crippen molar-refractivity contribution in [1.29, 1.82) is 0 Å². The van der Waals surface area contributed by atoms with Crippen molar-refractivity contribution in [3.63, 3.8) is 0 Å². The zero-order chi connectivity index (χ0) is 15.6. The molecule has 0 bridgehead atoms. The van der Waals surface area contributed by atoms with Crippen molar-refractivity contribution >= 4 is 27.7 Å². The van der Waals surface area contributed by atoms with Crippen molar-refractivity contribution in [2.45, 2.75) is 38.8 Å². The fraction of sp³-hybridized carbons (Fsp3) is 0.467. The lowest BCUT2D eigenvalue weighted by Gasteiger charge is -2.31. The summed E-state index contributed by atoms with van der Waals surface area (Å²) in [7, 11) is 0. The zero-order valence-corrected chi connectivity index (χ0v) is 13.7. The molecule has 1 fully saturated rings. The third-order valence-electron chi connectivity index (χ3n) is 3.85. The summed E-state index contributed by atoms with van der Waals surface area (Å²) in [5, 5.41) is 2.79. The lowest BCUT2D eigenvalue weighted by molar-refractivity contribution is -0.138. The minimum absolute atomic E-state index is 0.101. The standard InChI is InChI=1S/C15H18BrFN2O2/c1-3-15(2)14(21)19(7-6-13(20)18-15)9-10-4-5-12(17)11(16)8-10/h4-5,8H,3,6-7,9H2,1-2H3,(H,18,20). The Labute approximate surface area is 131 Å². The van der Waals surface area contributed by atoms with Gasteiger partial charge in [-0.1, -0.05) is 13.0 Å². The number of halogens is 2. The molecule has 1 heterocycles. The highest BCUT2D eigenvalue weighted by molar-refractivity contribution is 9.10. The summed E-state index contributed by atoms with van der Waals surface area (Å²) < 4.78 is 13.6. The highest BCUT2D eigenvalue weighted by Crippen LogP contribution is 2.22. The molecule has 1 aromatic rings. The summed E-state index contributed by atoms with van der Waals surface area (Å²) in [6.45, 7) is 4.35. The van der Waals surface area contributed by atoms with E-state index in [-0.39, 0.29) is 24.1 Å². The van der Waals surface area contributed by atoms with E-state index in [1.54, 1.807) is 24.0 Å². The number of hydrogen-bond donors (Lipinski definition) is 1. The van der Waals surface area contributed by atoms with Gasteiger partial charge in [0.25, 0.3) is 0 Å². The molecule has 1 N–H and O–H groups in total. The maximum absolute atomic E-state index is 13.3. The van der Waals surface area contributed by atoms with Gasteiger partial charge in [0.15, 0.2) is 0 Å². The average Bonchev–Trinajstić information content (AvgIpc) is 2.55. The van der Waals surface area contributed by atoms with Crippen LogP contribution in [0.2, 0.25) is 0 Å². The van der Waals surface area contributed by atoms with Crippen molar-refractivity contribution in [2.24, 2.45) is 0 Å². The molecule has 1 atom stereocenters. The minimum atomic E-state index is -0.870. The van der Waals surface area contributed by atoms with Gasteiger partial charge in [0.2, 0.25) is 11.8 Å². The summed E-state index contributed by atoms with van der Waals surface area (Å²) >= 11 is 3.14. The van der Waals surface area contributed by atoms with E-state index in [9.17, 15) is 14.0 Å². The molecule has 4 nitrogen and oxygen atoms in total. The summed E-state index contributed by atoms with van der Waals surface area (Å²) in [6.07, 6.45) is 0.810. The molecule has 1 aromatic carbocycles. The van der Waals surface area contributed by atoms with E-state index in [0.717, 1.165) is 5.56 Å². The van der Waals surface area contributed by atoms with Gasteiger partial charge >= 0.3 is 0 Å². The van der Waals surface area contributed by atoms with Crippen LogP contribution >= 0.6 is 15.9 Å². The fourth-order valence-corrected chi connectivity index (χ4v) is 2.79. The zero-order valence-electron chi connectivity index (χ0n) is 12.1. The Bertz CT molecular complexity index is 579. The predicted molar refractivity (Wildman–Crippen MR) is 81.0 cm³/mol. The van der Waals surface area contributed by atoms with E-state index in [4.69, 9.17) is 0 Å². The van der Waals surface area contributed by atoms with Gasteiger partial charge in [-0.15, -0.1) is 0 Å². The molecular formula is C15H18BrFN2O2. The SMILES string of the molecule is CCC1(C)NC(=O)CCN(Cc2ccc(F)c(Br)c2)C1=O. The number of carbonyl (C=O) groups excluding carboxylic acids is 2. The van der Waals surface area contributed by atoms with Crippen molar-refractivity contribution < 1.29 is 14.0 Å². The number of nitrogens with zero attached hydrogens (tertiary/aromatic N) is 1. The molecular weight excluding hydrogens is 339 g/mol. The number of nitrogens with one attached hydrogen (secondary N) is 1. The molecule has 2 amide bonds. The maximum atomic E-state index is 13.3. The quantitative estimate of drug-likeness (QED) is 0.904. The number of benzene rings is 1. The first kappa shape index (κ1) is 15.9. The van der Waals surface area contributed by atoms with Gasteiger partial charge in [0.05, 0.1) is 4.47 Å². The molecule has 0 spiro atoms. The Balaban J connectivity index is 2.23. The van der Waals surface area contributed by atoms with Crippen LogP contribution in [-0.2, 0) is 16.1 Å². The van der Waals surface area contributed by atoms with Crippen molar-refractivity contribution in [3.05, 3.63) is 34.1 Å². The van der Waals surface area contributed by atoms with Gasteiger partial charge in [-0.05, 0) is 47.0 Å². The van der Waals surface area contributed by atoms with Gasteiger partial charge < -0.3 is 10.2 Å². The van der Waals surface area contributed by atoms with Crippen LogP contribution in [0.4, 0.5) is 4.39 Å². The van der Waals surface area contributed by atoms with Crippen LogP contribution in [0.25, 0.3) is 0 Å². The van der Waals surface area contributed by atoms with Crippen LogP contribution < -0.4 is 5.32 Å². The van der Waals surface area contributed by atoms with Crippen LogP contribution in [0, 0.1) is 5.82 Å².